The van der Waals surface area contributed by atoms with Gasteiger partial charge in [-0.2, -0.15) is 0 Å². The Bertz CT molecular complexity index is 508. The van der Waals surface area contributed by atoms with E-state index in [1.165, 1.54) is 17.1 Å². The Balaban J connectivity index is 1.64. The van der Waals surface area contributed by atoms with Gasteiger partial charge in [0.15, 0.2) is 0 Å². The number of nitrogens with one attached hydrogen (secondary N) is 1. The van der Waals surface area contributed by atoms with E-state index in [1.807, 2.05) is 0 Å². The molecule has 122 valence electrons. The maximum absolute atomic E-state index is 12.7. The number of carbonyl (C=O) groups excluding carboxylic acids is 1. The number of hydrogen-bond acceptors (Lipinski definition) is 4. The second kappa shape index (κ2) is 7.09. The van der Waals surface area contributed by atoms with Crippen LogP contribution in [0.15, 0.2) is 5.38 Å². The number of amides is 1. The topological polar surface area (TPSA) is 45.2 Å². The van der Waals surface area contributed by atoms with Crippen LogP contribution in [0.2, 0.25) is 0 Å². The van der Waals surface area contributed by atoms with Gasteiger partial charge in [-0.1, -0.05) is 13.8 Å². The summed E-state index contributed by atoms with van der Waals surface area (Å²) < 4.78 is 0. The second-order valence-electron chi connectivity index (χ2n) is 6.91. The lowest BCUT2D eigenvalue weighted by molar-refractivity contribution is -0.137. The van der Waals surface area contributed by atoms with Gasteiger partial charge in [-0.05, 0) is 44.7 Å². The van der Waals surface area contributed by atoms with E-state index in [2.05, 4.69) is 29.4 Å². The molecule has 0 bridgehead atoms. The molecule has 0 aliphatic carbocycles. The van der Waals surface area contributed by atoms with E-state index in [0.29, 0.717) is 17.7 Å². The summed E-state index contributed by atoms with van der Waals surface area (Å²) in [5.74, 6) is 1.55. The Labute approximate surface area is 137 Å². The van der Waals surface area contributed by atoms with Crippen LogP contribution in [0.3, 0.4) is 0 Å². The lowest BCUT2D eigenvalue weighted by Crippen LogP contribution is -2.45. The third kappa shape index (κ3) is 3.51. The van der Waals surface area contributed by atoms with Crippen LogP contribution >= 0.6 is 11.3 Å². The monoisotopic (exact) mass is 321 g/mol. The number of piperidine rings is 2. The Morgan fingerprint density at radius 2 is 2.14 bits per heavy atom. The van der Waals surface area contributed by atoms with Gasteiger partial charge in [0.2, 0.25) is 5.91 Å². The van der Waals surface area contributed by atoms with Crippen LogP contribution in [0, 0.1) is 5.92 Å². The van der Waals surface area contributed by atoms with Crippen molar-refractivity contribution in [3.05, 3.63) is 16.1 Å². The van der Waals surface area contributed by atoms with Crippen LogP contribution in [0.4, 0.5) is 0 Å². The predicted molar refractivity (Wildman–Crippen MR) is 90.4 cm³/mol. The quantitative estimate of drug-likeness (QED) is 0.931. The lowest BCUT2D eigenvalue weighted by Gasteiger charge is -2.35. The fourth-order valence-corrected chi connectivity index (χ4v) is 4.57. The number of thiazole rings is 1. The maximum atomic E-state index is 12.7. The highest BCUT2D eigenvalue weighted by Crippen LogP contribution is 2.32. The Kier molecular flexibility index (Phi) is 5.14. The summed E-state index contributed by atoms with van der Waals surface area (Å²) in [6, 6.07) is 0. The number of rotatable bonds is 3. The molecule has 0 spiro atoms. The summed E-state index contributed by atoms with van der Waals surface area (Å²) in [6.45, 7) is 8.14. The Morgan fingerprint density at radius 1 is 1.36 bits per heavy atom. The first-order valence-electron chi connectivity index (χ1n) is 8.60. The SMILES string of the molecule is CC(C)c1csc(C2CCCN(C(=O)C3CCNCC3)C2)n1. The van der Waals surface area contributed by atoms with Gasteiger partial charge in [-0.15, -0.1) is 11.3 Å². The number of hydrogen-bond donors (Lipinski definition) is 1. The fraction of sp³-hybridized carbons (Fsp3) is 0.765. The minimum absolute atomic E-state index is 0.238. The van der Waals surface area contributed by atoms with E-state index in [0.717, 1.165) is 45.4 Å². The normalized spacial score (nSPS) is 24.0. The van der Waals surface area contributed by atoms with Crippen molar-refractivity contribution >= 4 is 17.2 Å². The molecule has 3 heterocycles. The first kappa shape index (κ1) is 15.9. The van der Waals surface area contributed by atoms with Crippen molar-refractivity contribution < 1.29 is 4.79 Å². The smallest absolute Gasteiger partial charge is 0.225 e. The number of carbonyl (C=O) groups is 1. The zero-order valence-electron chi connectivity index (χ0n) is 13.7. The standard InChI is InChI=1S/C17H27N3OS/c1-12(2)15-11-22-16(19-15)14-4-3-9-20(10-14)17(21)13-5-7-18-8-6-13/h11-14,18H,3-10H2,1-2H3. The predicted octanol–water partition coefficient (Wildman–Crippen LogP) is 2.97. The molecule has 1 amide bonds. The summed E-state index contributed by atoms with van der Waals surface area (Å²) in [5.41, 5.74) is 1.20. The average Bonchev–Trinajstić information content (AvgIpc) is 3.05. The molecule has 5 heteroatoms. The highest BCUT2D eigenvalue weighted by atomic mass is 32.1. The third-order valence-corrected chi connectivity index (χ3v) is 5.93. The van der Waals surface area contributed by atoms with Gasteiger partial charge < -0.3 is 10.2 Å². The van der Waals surface area contributed by atoms with Gasteiger partial charge in [0.1, 0.15) is 0 Å². The number of aromatic nitrogens is 1. The molecule has 0 aromatic carbocycles. The van der Waals surface area contributed by atoms with Crippen LogP contribution < -0.4 is 5.32 Å². The van der Waals surface area contributed by atoms with Gasteiger partial charge in [-0.3, -0.25) is 4.79 Å². The highest BCUT2D eigenvalue weighted by molar-refractivity contribution is 7.09. The molecule has 1 aromatic rings. The van der Waals surface area contributed by atoms with E-state index < -0.39 is 0 Å². The first-order chi connectivity index (χ1) is 10.6. The molecular weight excluding hydrogens is 294 g/mol. The van der Waals surface area contributed by atoms with Crippen molar-refractivity contribution in [3.63, 3.8) is 0 Å². The molecule has 2 saturated heterocycles. The summed E-state index contributed by atoms with van der Waals surface area (Å²) in [5, 5.41) is 6.76. The summed E-state index contributed by atoms with van der Waals surface area (Å²) in [6.07, 6.45) is 4.27. The van der Waals surface area contributed by atoms with Crippen LogP contribution in [-0.4, -0.2) is 42.0 Å². The molecule has 3 rings (SSSR count). The molecule has 1 atom stereocenters. The number of likely N-dealkylation sites (tertiary alicyclic amines) is 1. The molecule has 0 saturated carbocycles. The van der Waals surface area contributed by atoms with Crippen molar-refractivity contribution in [2.75, 3.05) is 26.2 Å². The Hall–Kier alpha value is -0.940. The van der Waals surface area contributed by atoms with Crippen LogP contribution in [0.1, 0.15) is 62.1 Å². The molecule has 1 N–H and O–H groups in total. The van der Waals surface area contributed by atoms with Crippen molar-refractivity contribution in [1.29, 1.82) is 0 Å². The fourth-order valence-electron chi connectivity index (χ4n) is 3.46. The molecule has 2 fully saturated rings. The van der Waals surface area contributed by atoms with Crippen LogP contribution in [0.5, 0.6) is 0 Å². The molecule has 2 aliphatic heterocycles. The zero-order chi connectivity index (χ0) is 15.5. The largest absolute Gasteiger partial charge is 0.342 e. The van der Waals surface area contributed by atoms with Crippen LogP contribution in [-0.2, 0) is 4.79 Å². The molecular formula is C17H27N3OS. The van der Waals surface area contributed by atoms with E-state index in [1.54, 1.807) is 11.3 Å². The van der Waals surface area contributed by atoms with Gasteiger partial charge in [0, 0.05) is 30.3 Å². The summed E-state index contributed by atoms with van der Waals surface area (Å²) >= 11 is 1.77. The van der Waals surface area contributed by atoms with Crippen molar-refractivity contribution in [2.24, 2.45) is 5.92 Å². The Morgan fingerprint density at radius 3 is 2.82 bits per heavy atom. The van der Waals surface area contributed by atoms with Gasteiger partial charge in [0.25, 0.3) is 0 Å². The average molecular weight is 321 g/mol. The molecule has 2 aliphatic rings. The van der Waals surface area contributed by atoms with Gasteiger partial charge in [0.05, 0.1) is 10.7 Å². The van der Waals surface area contributed by atoms with E-state index in [-0.39, 0.29) is 5.92 Å². The molecule has 22 heavy (non-hydrogen) atoms. The minimum atomic E-state index is 0.238. The third-order valence-electron chi connectivity index (χ3n) is 4.90. The summed E-state index contributed by atoms with van der Waals surface area (Å²) in [7, 11) is 0. The van der Waals surface area contributed by atoms with Crippen molar-refractivity contribution in [3.8, 4) is 0 Å². The van der Waals surface area contributed by atoms with E-state index in [9.17, 15) is 4.79 Å². The van der Waals surface area contributed by atoms with Gasteiger partial charge in [-0.25, -0.2) is 4.98 Å². The lowest BCUT2D eigenvalue weighted by atomic mass is 9.93. The van der Waals surface area contributed by atoms with Crippen molar-refractivity contribution in [2.45, 2.75) is 51.4 Å². The number of nitrogens with zero attached hydrogens (tertiary/aromatic N) is 2. The van der Waals surface area contributed by atoms with E-state index >= 15 is 0 Å². The molecule has 1 aromatic heterocycles. The zero-order valence-corrected chi connectivity index (χ0v) is 14.5. The molecule has 0 radical (unpaired) electrons. The first-order valence-corrected chi connectivity index (χ1v) is 9.48. The summed E-state index contributed by atoms with van der Waals surface area (Å²) in [4.78, 5) is 19.6. The highest BCUT2D eigenvalue weighted by Gasteiger charge is 2.31. The van der Waals surface area contributed by atoms with E-state index in [4.69, 9.17) is 4.98 Å². The van der Waals surface area contributed by atoms with Gasteiger partial charge >= 0.3 is 0 Å². The maximum Gasteiger partial charge on any atom is 0.225 e. The molecule has 4 nitrogen and oxygen atoms in total. The second-order valence-corrected chi connectivity index (χ2v) is 7.80. The molecule has 1 unspecified atom stereocenters. The minimum Gasteiger partial charge on any atom is -0.342 e. The van der Waals surface area contributed by atoms with Crippen LogP contribution in [0.25, 0.3) is 0 Å². The van der Waals surface area contributed by atoms with Crippen molar-refractivity contribution in [1.82, 2.24) is 15.2 Å².